The zero-order chi connectivity index (χ0) is 25.6. The van der Waals surface area contributed by atoms with Crippen molar-refractivity contribution in [1.82, 2.24) is 9.80 Å². The SMILES string of the molecule is COCCN1CCc2c(cccc2NCC(=O)N(Cc2ccccc2C(F)(F)F)CC(C)(C)O)C1. The van der Waals surface area contributed by atoms with Crippen LogP contribution in [0.1, 0.15) is 36.1 Å². The molecule has 0 saturated heterocycles. The van der Waals surface area contributed by atoms with E-state index in [-0.39, 0.29) is 31.1 Å². The molecule has 2 aromatic carbocycles. The molecule has 6 nitrogen and oxygen atoms in total. The van der Waals surface area contributed by atoms with Crippen LogP contribution in [0.4, 0.5) is 18.9 Å². The summed E-state index contributed by atoms with van der Waals surface area (Å²) in [5.41, 5.74) is 1.12. The summed E-state index contributed by atoms with van der Waals surface area (Å²) in [6, 6.07) is 11.1. The van der Waals surface area contributed by atoms with E-state index < -0.39 is 17.3 Å². The molecule has 0 atom stereocenters. The van der Waals surface area contributed by atoms with Gasteiger partial charge in [0.05, 0.1) is 24.3 Å². The number of aliphatic hydroxyl groups is 1. The number of nitrogens with one attached hydrogen (secondary N) is 1. The van der Waals surface area contributed by atoms with Crippen molar-refractivity contribution < 1.29 is 27.8 Å². The van der Waals surface area contributed by atoms with Crippen molar-refractivity contribution in [1.29, 1.82) is 0 Å². The van der Waals surface area contributed by atoms with E-state index in [0.717, 1.165) is 43.4 Å². The van der Waals surface area contributed by atoms with Gasteiger partial charge in [-0.05, 0) is 49.1 Å². The highest BCUT2D eigenvalue weighted by Crippen LogP contribution is 2.32. The number of anilines is 1. The molecule has 35 heavy (non-hydrogen) atoms. The summed E-state index contributed by atoms with van der Waals surface area (Å²) in [5, 5.41) is 13.5. The van der Waals surface area contributed by atoms with Crippen LogP contribution in [0.3, 0.4) is 0 Å². The molecule has 0 bridgehead atoms. The Hall–Kier alpha value is -2.62. The van der Waals surface area contributed by atoms with E-state index in [1.807, 2.05) is 12.1 Å². The van der Waals surface area contributed by atoms with Gasteiger partial charge in [0, 0.05) is 45.5 Å². The van der Waals surface area contributed by atoms with Crippen LogP contribution in [0.25, 0.3) is 0 Å². The Morgan fingerprint density at radius 2 is 1.91 bits per heavy atom. The summed E-state index contributed by atoms with van der Waals surface area (Å²) >= 11 is 0. The summed E-state index contributed by atoms with van der Waals surface area (Å²) in [5.74, 6) is -0.390. The number of benzene rings is 2. The second kappa shape index (κ2) is 11.4. The minimum atomic E-state index is -4.53. The van der Waals surface area contributed by atoms with Gasteiger partial charge in [-0.2, -0.15) is 13.2 Å². The number of hydrogen-bond donors (Lipinski definition) is 2. The Bertz CT molecular complexity index is 1010. The quantitative estimate of drug-likeness (QED) is 0.525. The summed E-state index contributed by atoms with van der Waals surface area (Å²) in [6.45, 7) is 5.80. The second-order valence-electron chi connectivity index (χ2n) is 9.53. The van der Waals surface area contributed by atoms with Crippen molar-refractivity contribution in [3.63, 3.8) is 0 Å². The van der Waals surface area contributed by atoms with Gasteiger partial charge in [0.2, 0.25) is 5.91 Å². The third-order valence-electron chi connectivity index (χ3n) is 6.00. The molecule has 1 amide bonds. The van der Waals surface area contributed by atoms with Gasteiger partial charge >= 0.3 is 6.18 Å². The first-order chi connectivity index (χ1) is 16.5. The van der Waals surface area contributed by atoms with E-state index in [1.165, 1.54) is 42.5 Å². The predicted molar refractivity (Wildman–Crippen MR) is 129 cm³/mol. The zero-order valence-corrected chi connectivity index (χ0v) is 20.5. The van der Waals surface area contributed by atoms with Gasteiger partial charge in [-0.15, -0.1) is 0 Å². The molecule has 9 heteroatoms. The number of methoxy groups -OCH3 is 1. The van der Waals surface area contributed by atoms with E-state index in [1.54, 1.807) is 7.11 Å². The minimum absolute atomic E-state index is 0.00848. The molecule has 0 aromatic heterocycles. The number of carbonyl (C=O) groups is 1. The third kappa shape index (κ3) is 7.68. The van der Waals surface area contributed by atoms with Gasteiger partial charge in [-0.25, -0.2) is 0 Å². The Labute approximate surface area is 204 Å². The number of alkyl halides is 3. The molecule has 1 aliphatic rings. The number of amides is 1. The molecule has 0 fully saturated rings. The average molecular weight is 494 g/mol. The largest absolute Gasteiger partial charge is 0.416 e. The summed E-state index contributed by atoms with van der Waals surface area (Å²) in [4.78, 5) is 16.7. The van der Waals surface area contributed by atoms with Crippen LogP contribution in [0.2, 0.25) is 0 Å². The highest BCUT2D eigenvalue weighted by Gasteiger charge is 2.34. The predicted octanol–water partition coefficient (Wildman–Crippen LogP) is 3.92. The highest BCUT2D eigenvalue weighted by atomic mass is 19.4. The fourth-order valence-electron chi connectivity index (χ4n) is 4.37. The van der Waals surface area contributed by atoms with Gasteiger partial charge in [0.25, 0.3) is 0 Å². The number of ether oxygens (including phenoxy) is 1. The lowest BCUT2D eigenvalue weighted by atomic mass is 9.97. The number of nitrogens with zero attached hydrogens (tertiary/aromatic N) is 2. The monoisotopic (exact) mass is 493 g/mol. The molecule has 2 aromatic rings. The van der Waals surface area contributed by atoms with Crippen LogP contribution in [-0.2, 0) is 35.2 Å². The van der Waals surface area contributed by atoms with Crippen molar-refractivity contribution >= 4 is 11.6 Å². The molecular weight excluding hydrogens is 459 g/mol. The molecule has 2 N–H and O–H groups in total. The maximum Gasteiger partial charge on any atom is 0.416 e. The molecule has 0 saturated carbocycles. The second-order valence-corrected chi connectivity index (χ2v) is 9.53. The Balaban J connectivity index is 1.73. The maximum atomic E-state index is 13.5. The van der Waals surface area contributed by atoms with Gasteiger partial charge in [0.15, 0.2) is 0 Å². The molecule has 1 aliphatic heterocycles. The van der Waals surface area contributed by atoms with Crippen molar-refractivity contribution in [3.05, 3.63) is 64.7 Å². The summed E-state index contributed by atoms with van der Waals surface area (Å²) < 4.78 is 45.6. The maximum absolute atomic E-state index is 13.5. The van der Waals surface area contributed by atoms with Crippen LogP contribution in [-0.4, -0.2) is 66.3 Å². The minimum Gasteiger partial charge on any atom is -0.389 e. The van der Waals surface area contributed by atoms with Crippen LogP contribution in [0.5, 0.6) is 0 Å². The lowest BCUT2D eigenvalue weighted by molar-refractivity contribution is -0.140. The third-order valence-corrected chi connectivity index (χ3v) is 6.00. The van der Waals surface area contributed by atoms with E-state index in [4.69, 9.17) is 4.74 Å². The van der Waals surface area contributed by atoms with Gasteiger partial charge in [-0.3, -0.25) is 9.69 Å². The molecule has 192 valence electrons. The first kappa shape index (κ1) is 27.0. The number of hydrogen-bond acceptors (Lipinski definition) is 5. The number of rotatable bonds is 10. The van der Waals surface area contributed by atoms with Gasteiger partial charge in [-0.1, -0.05) is 30.3 Å². The first-order valence-electron chi connectivity index (χ1n) is 11.7. The first-order valence-corrected chi connectivity index (χ1v) is 11.7. The molecule has 0 radical (unpaired) electrons. The zero-order valence-electron chi connectivity index (χ0n) is 20.5. The average Bonchev–Trinajstić information content (AvgIpc) is 2.79. The summed E-state index contributed by atoms with van der Waals surface area (Å²) in [6.07, 6.45) is -3.71. The fraction of sp³-hybridized carbons (Fsp3) is 0.500. The molecule has 0 unspecified atom stereocenters. The van der Waals surface area contributed by atoms with Crippen LogP contribution < -0.4 is 5.32 Å². The van der Waals surface area contributed by atoms with E-state index in [9.17, 15) is 23.1 Å². The van der Waals surface area contributed by atoms with Crippen molar-refractivity contribution in [2.45, 2.75) is 45.1 Å². The molecular formula is C26H34F3N3O3. The normalized spacial score (nSPS) is 14.5. The van der Waals surface area contributed by atoms with Crippen LogP contribution >= 0.6 is 0 Å². The topological polar surface area (TPSA) is 65.0 Å². The van der Waals surface area contributed by atoms with E-state index in [0.29, 0.717) is 6.61 Å². The van der Waals surface area contributed by atoms with Gasteiger partial charge in [0.1, 0.15) is 0 Å². The van der Waals surface area contributed by atoms with Crippen molar-refractivity contribution in [2.75, 3.05) is 45.2 Å². The number of halogens is 3. The lowest BCUT2D eigenvalue weighted by Crippen LogP contribution is -2.44. The van der Waals surface area contributed by atoms with Crippen molar-refractivity contribution in [2.24, 2.45) is 0 Å². The molecule has 0 spiro atoms. The smallest absolute Gasteiger partial charge is 0.389 e. The van der Waals surface area contributed by atoms with E-state index in [2.05, 4.69) is 16.3 Å². The molecule has 1 heterocycles. The Morgan fingerprint density at radius 3 is 2.60 bits per heavy atom. The Morgan fingerprint density at radius 1 is 1.17 bits per heavy atom. The lowest BCUT2D eigenvalue weighted by Gasteiger charge is -2.31. The Kier molecular flexibility index (Phi) is 8.79. The molecule has 0 aliphatic carbocycles. The number of carbonyl (C=O) groups excluding carboxylic acids is 1. The standard InChI is InChI=1S/C26H34F3N3O3/c1-25(2,34)18-32(17-20-7-4-5-9-22(20)26(27,28)29)24(33)15-30-23-10-6-8-19-16-31(13-14-35-3)12-11-21(19)23/h4-10,30,34H,11-18H2,1-3H3. The fourth-order valence-corrected chi connectivity index (χ4v) is 4.37. The molecule has 3 rings (SSSR count). The van der Waals surface area contributed by atoms with Gasteiger partial charge < -0.3 is 20.1 Å². The van der Waals surface area contributed by atoms with Crippen molar-refractivity contribution in [3.8, 4) is 0 Å². The van der Waals surface area contributed by atoms with Crippen LogP contribution in [0.15, 0.2) is 42.5 Å². The van der Waals surface area contributed by atoms with E-state index >= 15 is 0 Å². The number of fused-ring (bicyclic) bond motifs is 1. The highest BCUT2D eigenvalue weighted by molar-refractivity contribution is 5.81. The van der Waals surface area contributed by atoms with Crippen LogP contribution in [0, 0.1) is 0 Å². The summed E-state index contributed by atoms with van der Waals surface area (Å²) in [7, 11) is 1.68.